The van der Waals surface area contributed by atoms with Gasteiger partial charge in [0.2, 0.25) is 5.91 Å². The first-order valence-electron chi connectivity index (χ1n) is 9.57. The van der Waals surface area contributed by atoms with E-state index in [0.29, 0.717) is 23.8 Å². The quantitative estimate of drug-likeness (QED) is 0.523. The Morgan fingerprint density at radius 2 is 1.67 bits per heavy atom. The number of nitrogens with one attached hydrogen (secondary N) is 1. The Kier molecular flexibility index (Phi) is 7.11. The largest absolute Gasteiger partial charge is 0.493 e. The number of amides is 1. The maximum atomic E-state index is 12.4. The van der Waals surface area contributed by atoms with E-state index >= 15 is 0 Å². The minimum Gasteiger partial charge on any atom is -0.493 e. The Hall–Kier alpha value is -3.73. The van der Waals surface area contributed by atoms with Crippen LogP contribution < -0.4 is 19.5 Å². The molecule has 5 heteroatoms. The van der Waals surface area contributed by atoms with Gasteiger partial charge in [0.15, 0.2) is 11.5 Å². The number of benzene rings is 3. The average molecular weight is 403 g/mol. The molecule has 0 atom stereocenters. The van der Waals surface area contributed by atoms with Gasteiger partial charge in [-0.1, -0.05) is 42.5 Å². The molecule has 0 radical (unpaired) electrons. The van der Waals surface area contributed by atoms with Gasteiger partial charge in [0.1, 0.15) is 12.4 Å². The fourth-order valence-electron chi connectivity index (χ4n) is 2.91. The van der Waals surface area contributed by atoms with Crippen molar-refractivity contribution in [3.63, 3.8) is 0 Å². The number of methoxy groups -OCH3 is 2. The van der Waals surface area contributed by atoms with Crippen LogP contribution in [0.15, 0.2) is 72.8 Å². The van der Waals surface area contributed by atoms with Crippen LogP contribution in [0.3, 0.4) is 0 Å². The third-order valence-corrected chi connectivity index (χ3v) is 4.52. The van der Waals surface area contributed by atoms with E-state index in [1.807, 2.05) is 67.6 Å². The molecule has 0 unspecified atom stereocenters. The molecule has 0 aliphatic carbocycles. The summed E-state index contributed by atoms with van der Waals surface area (Å²) in [4.78, 5) is 12.4. The number of aryl methyl sites for hydroxylation is 1. The standard InChI is InChI=1S/C25H25NO4/c1-18-14-23(28-2)24(29-3)16-22(18)26-25(27)13-12-19-10-7-11-21(15-19)30-17-20-8-5-4-6-9-20/h4-16H,17H2,1-3H3,(H,26,27)/b13-12+. The van der Waals surface area contributed by atoms with Crippen LogP contribution in [-0.2, 0) is 11.4 Å². The van der Waals surface area contributed by atoms with Crippen molar-refractivity contribution >= 4 is 17.7 Å². The van der Waals surface area contributed by atoms with Gasteiger partial charge < -0.3 is 19.5 Å². The topological polar surface area (TPSA) is 56.8 Å². The van der Waals surface area contributed by atoms with Crippen LogP contribution in [0.5, 0.6) is 17.2 Å². The first-order valence-corrected chi connectivity index (χ1v) is 9.57. The maximum absolute atomic E-state index is 12.4. The van der Waals surface area contributed by atoms with E-state index in [-0.39, 0.29) is 5.91 Å². The van der Waals surface area contributed by atoms with E-state index in [1.165, 1.54) is 6.08 Å². The number of carbonyl (C=O) groups excluding carboxylic acids is 1. The van der Waals surface area contributed by atoms with E-state index in [1.54, 1.807) is 26.4 Å². The minimum atomic E-state index is -0.235. The Morgan fingerprint density at radius 3 is 2.40 bits per heavy atom. The summed E-state index contributed by atoms with van der Waals surface area (Å²) in [6.07, 6.45) is 3.24. The molecule has 0 aliphatic heterocycles. The molecule has 0 aromatic heterocycles. The fraction of sp³-hybridized carbons (Fsp3) is 0.160. The van der Waals surface area contributed by atoms with Crippen molar-refractivity contribution in [1.29, 1.82) is 0 Å². The molecule has 0 fully saturated rings. The number of rotatable bonds is 8. The van der Waals surface area contributed by atoms with Crippen molar-refractivity contribution in [3.05, 3.63) is 89.5 Å². The molecule has 0 bridgehead atoms. The molecule has 5 nitrogen and oxygen atoms in total. The molecule has 154 valence electrons. The molecule has 1 N–H and O–H groups in total. The molecular weight excluding hydrogens is 378 g/mol. The molecular formula is C25H25NO4. The van der Waals surface area contributed by atoms with Crippen molar-refractivity contribution in [3.8, 4) is 17.2 Å². The summed E-state index contributed by atoms with van der Waals surface area (Å²) >= 11 is 0. The second-order valence-corrected chi connectivity index (χ2v) is 6.69. The van der Waals surface area contributed by atoms with Crippen LogP contribution in [0.25, 0.3) is 6.08 Å². The predicted molar refractivity (Wildman–Crippen MR) is 119 cm³/mol. The van der Waals surface area contributed by atoms with E-state index in [0.717, 1.165) is 22.4 Å². The van der Waals surface area contributed by atoms with Gasteiger partial charge in [0, 0.05) is 17.8 Å². The molecule has 0 saturated heterocycles. The van der Waals surface area contributed by atoms with E-state index in [9.17, 15) is 4.79 Å². The Balaban J connectivity index is 1.64. The lowest BCUT2D eigenvalue weighted by molar-refractivity contribution is -0.111. The zero-order chi connectivity index (χ0) is 21.3. The van der Waals surface area contributed by atoms with E-state index < -0.39 is 0 Å². The Morgan fingerprint density at radius 1 is 0.933 bits per heavy atom. The smallest absolute Gasteiger partial charge is 0.248 e. The number of hydrogen-bond acceptors (Lipinski definition) is 4. The van der Waals surface area contributed by atoms with Gasteiger partial charge in [0.05, 0.1) is 14.2 Å². The number of hydrogen-bond donors (Lipinski definition) is 1. The van der Waals surface area contributed by atoms with Crippen molar-refractivity contribution in [1.82, 2.24) is 0 Å². The first kappa shape index (κ1) is 21.0. The predicted octanol–water partition coefficient (Wildman–Crippen LogP) is 5.24. The lowest BCUT2D eigenvalue weighted by Crippen LogP contribution is -2.09. The lowest BCUT2D eigenvalue weighted by atomic mass is 10.1. The molecule has 3 aromatic carbocycles. The van der Waals surface area contributed by atoms with Crippen molar-refractivity contribution < 1.29 is 19.0 Å². The Bertz CT molecular complexity index is 1030. The monoisotopic (exact) mass is 403 g/mol. The van der Waals surface area contributed by atoms with Crippen molar-refractivity contribution in [2.75, 3.05) is 19.5 Å². The second kappa shape index (κ2) is 10.2. The van der Waals surface area contributed by atoms with E-state index in [2.05, 4.69) is 5.32 Å². The van der Waals surface area contributed by atoms with Crippen molar-refractivity contribution in [2.45, 2.75) is 13.5 Å². The van der Waals surface area contributed by atoms with Crippen LogP contribution in [0.4, 0.5) is 5.69 Å². The minimum absolute atomic E-state index is 0.235. The second-order valence-electron chi connectivity index (χ2n) is 6.69. The summed E-state index contributed by atoms with van der Waals surface area (Å²) in [7, 11) is 3.14. The molecule has 0 spiro atoms. The molecule has 0 saturated carbocycles. The Labute approximate surface area is 176 Å². The molecule has 3 aromatic rings. The zero-order valence-corrected chi connectivity index (χ0v) is 17.3. The molecule has 1 amide bonds. The van der Waals surface area contributed by atoms with Gasteiger partial charge in [-0.15, -0.1) is 0 Å². The third-order valence-electron chi connectivity index (χ3n) is 4.52. The van der Waals surface area contributed by atoms with Gasteiger partial charge in [-0.2, -0.15) is 0 Å². The van der Waals surface area contributed by atoms with Crippen LogP contribution in [0.1, 0.15) is 16.7 Å². The normalized spacial score (nSPS) is 10.6. The summed E-state index contributed by atoms with van der Waals surface area (Å²) in [6.45, 7) is 2.39. The molecule has 3 rings (SSSR count). The maximum Gasteiger partial charge on any atom is 0.248 e. The fourth-order valence-corrected chi connectivity index (χ4v) is 2.91. The highest BCUT2D eigenvalue weighted by Gasteiger charge is 2.10. The third kappa shape index (κ3) is 5.64. The highest BCUT2D eigenvalue weighted by atomic mass is 16.5. The molecule has 0 heterocycles. The summed E-state index contributed by atoms with van der Waals surface area (Å²) in [5.41, 5.74) is 3.52. The van der Waals surface area contributed by atoms with Gasteiger partial charge in [-0.05, 0) is 47.9 Å². The van der Waals surface area contributed by atoms with Gasteiger partial charge in [-0.25, -0.2) is 0 Å². The highest BCUT2D eigenvalue weighted by molar-refractivity contribution is 6.02. The lowest BCUT2D eigenvalue weighted by Gasteiger charge is -2.12. The van der Waals surface area contributed by atoms with Gasteiger partial charge >= 0.3 is 0 Å². The highest BCUT2D eigenvalue weighted by Crippen LogP contribution is 2.32. The number of carbonyl (C=O) groups is 1. The number of anilines is 1. The van der Waals surface area contributed by atoms with Crippen LogP contribution in [0.2, 0.25) is 0 Å². The number of ether oxygens (including phenoxy) is 3. The SMILES string of the molecule is COc1cc(C)c(NC(=O)/C=C/c2cccc(OCc3ccccc3)c2)cc1OC. The summed E-state index contributed by atoms with van der Waals surface area (Å²) in [5, 5.41) is 2.88. The van der Waals surface area contributed by atoms with Crippen LogP contribution >= 0.6 is 0 Å². The van der Waals surface area contributed by atoms with Crippen LogP contribution in [0, 0.1) is 6.92 Å². The summed E-state index contributed by atoms with van der Waals surface area (Å²) < 4.78 is 16.4. The summed E-state index contributed by atoms with van der Waals surface area (Å²) in [5.74, 6) is 1.69. The molecule has 30 heavy (non-hydrogen) atoms. The van der Waals surface area contributed by atoms with Gasteiger partial charge in [0.25, 0.3) is 0 Å². The van der Waals surface area contributed by atoms with Gasteiger partial charge in [-0.3, -0.25) is 4.79 Å². The van der Waals surface area contributed by atoms with E-state index in [4.69, 9.17) is 14.2 Å². The zero-order valence-electron chi connectivity index (χ0n) is 17.3. The van der Waals surface area contributed by atoms with Crippen LogP contribution in [-0.4, -0.2) is 20.1 Å². The average Bonchev–Trinajstić information content (AvgIpc) is 2.78. The van der Waals surface area contributed by atoms with Crippen molar-refractivity contribution in [2.24, 2.45) is 0 Å². The first-order chi connectivity index (χ1) is 14.6. The molecule has 0 aliphatic rings. The summed E-state index contributed by atoms with van der Waals surface area (Å²) in [6, 6.07) is 21.2.